The second-order valence-corrected chi connectivity index (χ2v) is 6.89. The molecule has 4 rings (SSSR count). The standard InChI is InChI=1S/C20H17N3O5/c1-11-7-8-13(9-12(11)2)23-17(18(25)28-22-23)16(24)10-20(27)14-5-3-4-6-15(14)21-19(20)26/h3-9,27H,10H2,1-2H3,(H-,21,22,24,25,26)/p+1. The third-order valence-corrected chi connectivity index (χ3v) is 5.07. The van der Waals surface area contributed by atoms with Crippen molar-refractivity contribution in [2.75, 3.05) is 5.32 Å². The third-order valence-electron chi connectivity index (χ3n) is 5.07. The van der Waals surface area contributed by atoms with Crippen molar-refractivity contribution in [3.8, 4) is 5.69 Å². The normalized spacial score (nSPS) is 18.0. The van der Waals surface area contributed by atoms with Crippen molar-refractivity contribution in [3.63, 3.8) is 0 Å². The van der Waals surface area contributed by atoms with E-state index in [1.165, 1.54) is 4.68 Å². The molecule has 8 nitrogen and oxygen atoms in total. The Morgan fingerprint density at radius 3 is 2.64 bits per heavy atom. The molecule has 0 saturated heterocycles. The van der Waals surface area contributed by atoms with Gasteiger partial charge in [-0.25, -0.2) is 4.79 Å². The maximum Gasteiger partial charge on any atom is 0.438 e. The van der Waals surface area contributed by atoms with Crippen LogP contribution in [0.5, 0.6) is 0 Å². The van der Waals surface area contributed by atoms with Crippen LogP contribution in [0.2, 0.25) is 0 Å². The van der Waals surface area contributed by atoms with E-state index in [-0.39, 0.29) is 5.69 Å². The summed E-state index contributed by atoms with van der Waals surface area (Å²) in [5, 5.41) is 15.9. The fraction of sp³-hybridized carbons (Fsp3) is 0.200. The molecule has 0 saturated carbocycles. The van der Waals surface area contributed by atoms with Crippen molar-refractivity contribution in [2.24, 2.45) is 0 Å². The van der Waals surface area contributed by atoms with Gasteiger partial charge in [0.25, 0.3) is 5.91 Å². The molecule has 1 atom stereocenters. The van der Waals surface area contributed by atoms with Crippen molar-refractivity contribution in [1.82, 2.24) is 5.27 Å². The van der Waals surface area contributed by atoms with Gasteiger partial charge in [-0.3, -0.25) is 14.1 Å². The van der Waals surface area contributed by atoms with Crippen LogP contribution in [0.3, 0.4) is 0 Å². The van der Waals surface area contributed by atoms with E-state index < -0.39 is 29.3 Å². The summed E-state index contributed by atoms with van der Waals surface area (Å²) in [6.45, 7) is 3.85. The molecule has 1 aliphatic heterocycles. The molecule has 1 aliphatic rings. The number of rotatable bonds is 4. The average molecular weight is 380 g/mol. The number of ketones is 1. The van der Waals surface area contributed by atoms with Gasteiger partial charge in [0, 0.05) is 23.4 Å². The van der Waals surface area contributed by atoms with Gasteiger partial charge < -0.3 is 10.4 Å². The van der Waals surface area contributed by atoms with Crippen molar-refractivity contribution >= 4 is 17.4 Å². The van der Waals surface area contributed by atoms with Gasteiger partial charge in [-0.1, -0.05) is 24.3 Å². The summed E-state index contributed by atoms with van der Waals surface area (Å²) in [6.07, 6.45) is -0.594. The summed E-state index contributed by atoms with van der Waals surface area (Å²) in [4.78, 5) is 37.5. The molecule has 1 unspecified atom stereocenters. The molecule has 1 amide bonds. The number of aryl methyl sites for hydroxylation is 2. The summed E-state index contributed by atoms with van der Waals surface area (Å²) in [5.41, 5.74) is 0.0490. The van der Waals surface area contributed by atoms with Crippen molar-refractivity contribution in [1.29, 1.82) is 0 Å². The number of fused-ring (bicyclic) bond motifs is 1. The minimum Gasteiger partial charge on any atom is -0.375 e. The molecule has 2 aromatic carbocycles. The molecular formula is C20H18N3O5+. The number of nitrogens with zero attached hydrogens (tertiary/aromatic N) is 1. The number of hydrogen-bond acceptors (Lipinski definition) is 5. The zero-order valence-corrected chi connectivity index (χ0v) is 15.3. The molecule has 0 spiro atoms. The van der Waals surface area contributed by atoms with Crippen molar-refractivity contribution in [2.45, 2.75) is 25.9 Å². The topological polar surface area (TPSA) is 116 Å². The number of aliphatic hydroxyl groups is 1. The monoisotopic (exact) mass is 380 g/mol. The highest BCUT2D eigenvalue weighted by Crippen LogP contribution is 2.38. The van der Waals surface area contributed by atoms with Crippen LogP contribution in [0, 0.1) is 13.8 Å². The van der Waals surface area contributed by atoms with E-state index in [2.05, 4.69) is 10.6 Å². The lowest BCUT2D eigenvalue weighted by atomic mass is 9.89. The number of carbonyl (C=O) groups is 2. The van der Waals surface area contributed by atoms with E-state index in [1.807, 2.05) is 19.9 Å². The fourth-order valence-electron chi connectivity index (χ4n) is 3.35. The molecule has 0 radical (unpaired) electrons. The molecule has 1 aromatic heterocycles. The lowest BCUT2D eigenvalue weighted by Gasteiger charge is -2.18. The number of amides is 1. The Kier molecular flexibility index (Phi) is 4.01. The number of carbonyl (C=O) groups excluding carboxylic acids is 2. The van der Waals surface area contributed by atoms with E-state index in [4.69, 9.17) is 4.52 Å². The molecule has 142 valence electrons. The van der Waals surface area contributed by atoms with Gasteiger partial charge in [-0.15, -0.1) is 0 Å². The minimum atomic E-state index is -2.06. The quantitative estimate of drug-likeness (QED) is 0.466. The SMILES string of the molecule is Cc1ccc(-[n+]2[nH]oc(=O)c2C(=O)CC2(O)C(=O)Nc3ccccc32)cc1C. The molecule has 0 fully saturated rings. The first-order valence-corrected chi connectivity index (χ1v) is 8.69. The Morgan fingerprint density at radius 1 is 1.14 bits per heavy atom. The first kappa shape index (κ1) is 17.9. The highest BCUT2D eigenvalue weighted by molar-refractivity contribution is 6.08. The summed E-state index contributed by atoms with van der Waals surface area (Å²) < 4.78 is 6.04. The fourth-order valence-corrected chi connectivity index (χ4v) is 3.35. The van der Waals surface area contributed by atoms with E-state index in [0.29, 0.717) is 16.9 Å². The van der Waals surface area contributed by atoms with Crippen LogP contribution in [0.1, 0.15) is 33.6 Å². The highest BCUT2D eigenvalue weighted by Gasteiger charge is 2.49. The first-order chi connectivity index (χ1) is 13.3. The Balaban J connectivity index is 1.74. The summed E-state index contributed by atoms with van der Waals surface area (Å²) >= 11 is 0. The van der Waals surface area contributed by atoms with E-state index in [0.717, 1.165) is 11.1 Å². The van der Waals surface area contributed by atoms with E-state index >= 15 is 0 Å². The Labute approximate surface area is 159 Å². The number of aromatic nitrogens is 2. The van der Waals surface area contributed by atoms with Crippen LogP contribution in [-0.4, -0.2) is 22.1 Å². The van der Waals surface area contributed by atoms with Crippen LogP contribution < -0.4 is 15.6 Å². The van der Waals surface area contributed by atoms with Crippen molar-refractivity contribution < 1.29 is 23.9 Å². The lowest BCUT2D eigenvalue weighted by Crippen LogP contribution is -2.44. The molecule has 8 heteroatoms. The third kappa shape index (κ3) is 2.66. The highest BCUT2D eigenvalue weighted by atomic mass is 16.5. The number of Topliss-reactive ketones (excluding diaryl/α,β-unsaturated/α-hetero) is 1. The second kappa shape index (κ2) is 6.28. The van der Waals surface area contributed by atoms with Gasteiger partial charge in [-0.05, 0) is 41.0 Å². The van der Waals surface area contributed by atoms with Crippen molar-refractivity contribution in [3.05, 3.63) is 75.3 Å². The first-order valence-electron chi connectivity index (χ1n) is 8.69. The van der Waals surface area contributed by atoms with Gasteiger partial charge >= 0.3 is 11.3 Å². The number of benzene rings is 2. The predicted octanol–water partition coefficient (Wildman–Crippen LogP) is 1.27. The number of para-hydroxylation sites is 1. The molecule has 28 heavy (non-hydrogen) atoms. The largest absolute Gasteiger partial charge is 0.438 e. The number of nitrogens with one attached hydrogen (secondary N) is 2. The number of hydrogen-bond donors (Lipinski definition) is 3. The van der Waals surface area contributed by atoms with Gasteiger partial charge in [0.2, 0.25) is 11.5 Å². The lowest BCUT2D eigenvalue weighted by molar-refractivity contribution is -0.672. The Morgan fingerprint density at radius 2 is 1.89 bits per heavy atom. The molecular weight excluding hydrogens is 362 g/mol. The van der Waals surface area contributed by atoms with Crippen LogP contribution >= 0.6 is 0 Å². The Hall–Kier alpha value is -3.52. The molecule has 2 heterocycles. The van der Waals surface area contributed by atoms with Crippen LogP contribution in [0.4, 0.5) is 5.69 Å². The number of H-pyrrole nitrogens is 1. The van der Waals surface area contributed by atoms with Gasteiger partial charge in [0.15, 0.2) is 5.60 Å². The molecule has 0 aliphatic carbocycles. The van der Waals surface area contributed by atoms with E-state index in [9.17, 15) is 19.5 Å². The molecule has 3 N–H and O–H groups in total. The summed E-state index contributed by atoms with van der Waals surface area (Å²) in [5.74, 6) is -1.43. The molecule has 0 bridgehead atoms. The van der Waals surface area contributed by atoms with Crippen LogP contribution in [-0.2, 0) is 10.4 Å². The minimum absolute atomic E-state index is 0.297. The molecule has 3 aromatic rings. The number of anilines is 1. The number of aromatic amines is 1. The van der Waals surface area contributed by atoms with E-state index in [1.54, 1.807) is 36.4 Å². The second-order valence-electron chi connectivity index (χ2n) is 6.89. The van der Waals surface area contributed by atoms with Gasteiger partial charge in [-0.2, -0.15) is 0 Å². The summed E-state index contributed by atoms with van der Waals surface area (Å²) in [7, 11) is 0. The van der Waals surface area contributed by atoms with Gasteiger partial charge in [0.05, 0.1) is 6.42 Å². The predicted molar refractivity (Wildman–Crippen MR) is 98.3 cm³/mol. The summed E-state index contributed by atoms with van der Waals surface area (Å²) in [6, 6.07) is 12.0. The van der Waals surface area contributed by atoms with Crippen LogP contribution in [0.15, 0.2) is 51.8 Å². The zero-order valence-electron chi connectivity index (χ0n) is 15.3. The maximum absolute atomic E-state index is 12.9. The zero-order chi connectivity index (χ0) is 20.1. The van der Waals surface area contributed by atoms with Gasteiger partial charge in [0.1, 0.15) is 0 Å². The van der Waals surface area contributed by atoms with Crippen LogP contribution in [0.25, 0.3) is 5.69 Å². The maximum atomic E-state index is 12.9. The Bertz CT molecular complexity index is 1180. The average Bonchev–Trinajstić information content (AvgIpc) is 3.16. The smallest absolute Gasteiger partial charge is 0.375 e.